The summed E-state index contributed by atoms with van der Waals surface area (Å²) in [5, 5.41) is 13.7. The molecule has 2 bridgehead atoms. The van der Waals surface area contributed by atoms with E-state index in [9.17, 15) is 24.3 Å². The van der Waals surface area contributed by atoms with Crippen molar-refractivity contribution in [3.8, 4) is 0 Å². The molecule has 1 aliphatic carbocycles. The quantitative estimate of drug-likeness (QED) is 0.346. The van der Waals surface area contributed by atoms with E-state index < -0.39 is 53.9 Å². The van der Waals surface area contributed by atoms with Gasteiger partial charge in [0.2, 0.25) is 11.6 Å². The highest BCUT2D eigenvalue weighted by atomic mass is 16.6. The van der Waals surface area contributed by atoms with Gasteiger partial charge in [-0.15, -0.1) is 0 Å². The van der Waals surface area contributed by atoms with Crippen LogP contribution in [-0.2, 0) is 33.3 Å². The van der Waals surface area contributed by atoms with E-state index in [0.29, 0.717) is 12.0 Å². The number of primary amides is 1. The molecule has 0 aromatic heterocycles. The fourth-order valence-electron chi connectivity index (χ4n) is 4.78. The lowest BCUT2D eigenvalue weighted by atomic mass is 9.85. The fourth-order valence-corrected chi connectivity index (χ4v) is 4.78. The minimum atomic E-state index is -1.00. The van der Waals surface area contributed by atoms with Gasteiger partial charge in [-0.1, -0.05) is 38.2 Å². The van der Waals surface area contributed by atoms with Crippen LogP contribution in [0.2, 0.25) is 0 Å². The number of nitrogens with one attached hydrogen (secondary N) is 1. The molecule has 0 spiro atoms. The number of aliphatic hydroxyl groups excluding tert-OH is 1. The van der Waals surface area contributed by atoms with Crippen LogP contribution in [-0.4, -0.2) is 74.4 Å². The zero-order valence-electron chi connectivity index (χ0n) is 24.1. The number of aliphatic hydroxyl groups is 1. The highest BCUT2D eigenvalue weighted by Gasteiger charge is 2.34. The number of fused-ring (bicyclic) bond motifs is 2. The van der Waals surface area contributed by atoms with Crippen LogP contribution < -0.4 is 11.1 Å². The first-order valence-electron chi connectivity index (χ1n) is 13.0. The molecule has 2 amide bonds. The molecule has 0 fully saturated rings. The second-order valence-electron chi connectivity index (χ2n) is 10.1. The van der Waals surface area contributed by atoms with E-state index in [-0.39, 0.29) is 34.9 Å². The molecule has 0 aromatic carbocycles. The Labute approximate surface area is 234 Å². The standard InChI is InChI=1S/C29H40N2O9/c1-15-11-19-25(34)20(14-21(32)27(19)39-7)31-28(35)16(2)9-8-10-22(37-5)26(40-29(30)36)18(4)13-17(3)24(33)23(12-15)38-6/h8-10,13-15,17,22-24,26,33H,11-12H2,1-7H3,(H2,30,36)(H,31,35)/b10-8+,16-9-,18-13+/t15-,17+,22+,23-,24+,26+/m0/s1. The van der Waals surface area contributed by atoms with E-state index in [1.165, 1.54) is 34.3 Å². The van der Waals surface area contributed by atoms with E-state index in [1.54, 1.807) is 32.1 Å². The summed E-state index contributed by atoms with van der Waals surface area (Å²) < 4.78 is 21.7. The van der Waals surface area contributed by atoms with E-state index in [1.807, 2.05) is 6.92 Å². The van der Waals surface area contributed by atoms with Crippen molar-refractivity contribution in [3.05, 3.63) is 58.6 Å². The second-order valence-corrected chi connectivity index (χ2v) is 10.1. The zero-order chi connectivity index (χ0) is 30.1. The summed E-state index contributed by atoms with van der Waals surface area (Å²) in [6.45, 7) is 6.92. The molecular weight excluding hydrogens is 520 g/mol. The molecule has 11 nitrogen and oxygen atoms in total. The first-order valence-corrected chi connectivity index (χ1v) is 13.0. The summed E-state index contributed by atoms with van der Waals surface area (Å²) in [4.78, 5) is 50.6. The number of carbonyl (C=O) groups is 4. The number of hydrogen-bond donors (Lipinski definition) is 3. The molecule has 0 unspecified atom stereocenters. The Morgan fingerprint density at radius 1 is 1.10 bits per heavy atom. The molecule has 0 saturated carbocycles. The Balaban J connectivity index is 2.60. The number of rotatable bonds is 4. The van der Waals surface area contributed by atoms with Crippen molar-refractivity contribution in [2.24, 2.45) is 17.6 Å². The molecule has 220 valence electrons. The van der Waals surface area contributed by atoms with Crippen LogP contribution in [0.5, 0.6) is 0 Å². The first-order chi connectivity index (χ1) is 18.8. The summed E-state index contributed by atoms with van der Waals surface area (Å²) >= 11 is 0. The number of amides is 2. The van der Waals surface area contributed by atoms with Gasteiger partial charge in [0.25, 0.3) is 5.91 Å². The maximum atomic E-state index is 13.3. The number of methoxy groups -OCH3 is 3. The average molecular weight is 561 g/mol. The lowest BCUT2D eigenvalue weighted by Crippen LogP contribution is -2.37. The van der Waals surface area contributed by atoms with E-state index in [4.69, 9.17) is 24.7 Å². The Morgan fingerprint density at radius 3 is 2.35 bits per heavy atom. The van der Waals surface area contributed by atoms with Gasteiger partial charge in [0.15, 0.2) is 11.9 Å². The van der Waals surface area contributed by atoms with Crippen LogP contribution in [0, 0.1) is 11.8 Å². The van der Waals surface area contributed by atoms with Gasteiger partial charge in [-0.05, 0) is 38.2 Å². The van der Waals surface area contributed by atoms with Gasteiger partial charge >= 0.3 is 6.09 Å². The first kappa shape index (κ1) is 32.7. The van der Waals surface area contributed by atoms with Crippen molar-refractivity contribution in [1.29, 1.82) is 0 Å². The average Bonchev–Trinajstić information content (AvgIpc) is 2.90. The third-order valence-electron chi connectivity index (χ3n) is 6.95. The summed E-state index contributed by atoms with van der Waals surface area (Å²) in [6, 6.07) is 0. The van der Waals surface area contributed by atoms with Crippen molar-refractivity contribution in [3.63, 3.8) is 0 Å². The van der Waals surface area contributed by atoms with Crippen molar-refractivity contribution in [2.45, 2.75) is 65.0 Å². The topological polar surface area (TPSA) is 163 Å². The van der Waals surface area contributed by atoms with Crippen LogP contribution in [0.15, 0.2) is 58.6 Å². The SMILES string of the molecule is COC1=C2C[C@H](C)C[C@H](OC)[C@H](O)[C@H](C)/C=C(\C)[C@@H](OC(N)=O)[C@H](OC)/C=C/C=C(/C)C(=O)NC(=CC1=O)C2=O. The van der Waals surface area contributed by atoms with Gasteiger partial charge in [-0.25, -0.2) is 4.79 Å². The van der Waals surface area contributed by atoms with Gasteiger partial charge in [0.1, 0.15) is 6.10 Å². The number of nitrogens with two attached hydrogens (primary N) is 1. The van der Waals surface area contributed by atoms with Crippen LogP contribution >= 0.6 is 0 Å². The van der Waals surface area contributed by atoms with Gasteiger partial charge in [-0.2, -0.15) is 0 Å². The zero-order valence-corrected chi connectivity index (χ0v) is 24.1. The Kier molecular flexibility index (Phi) is 12.0. The molecule has 0 aromatic rings. The monoisotopic (exact) mass is 560 g/mol. The molecule has 0 saturated heterocycles. The maximum Gasteiger partial charge on any atom is 0.405 e. The third kappa shape index (κ3) is 8.23. The predicted octanol–water partition coefficient (Wildman–Crippen LogP) is 2.41. The van der Waals surface area contributed by atoms with E-state index >= 15 is 0 Å². The smallest absolute Gasteiger partial charge is 0.405 e. The summed E-state index contributed by atoms with van der Waals surface area (Å²) in [7, 11) is 4.21. The van der Waals surface area contributed by atoms with Crippen molar-refractivity contribution in [1.82, 2.24) is 5.32 Å². The summed E-state index contributed by atoms with van der Waals surface area (Å²) in [5.41, 5.74) is 6.12. The molecular formula is C29H40N2O9. The van der Waals surface area contributed by atoms with Gasteiger partial charge in [-0.3, -0.25) is 14.4 Å². The van der Waals surface area contributed by atoms with E-state index in [0.717, 1.165) is 6.08 Å². The summed E-state index contributed by atoms with van der Waals surface area (Å²) in [6.07, 6.45) is 3.61. The highest BCUT2D eigenvalue weighted by molar-refractivity contribution is 6.23. The Hall–Kier alpha value is -3.54. The molecule has 6 atom stereocenters. The third-order valence-corrected chi connectivity index (χ3v) is 6.95. The minimum Gasteiger partial charge on any atom is -0.492 e. The van der Waals surface area contributed by atoms with Crippen molar-refractivity contribution in [2.75, 3.05) is 21.3 Å². The van der Waals surface area contributed by atoms with Gasteiger partial charge in [0, 0.05) is 37.4 Å². The predicted molar refractivity (Wildman–Crippen MR) is 147 cm³/mol. The van der Waals surface area contributed by atoms with E-state index in [2.05, 4.69) is 5.32 Å². The molecule has 1 heterocycles. The largest absolute Gasteiger partial charge is 0.492 e. The number of carbonyl (C=O) groups excluding carboxylic acids is 4. The summed E-state index contributed by atoms with van der Waals surface area (Å²) in [5.74, 6) is -2.39. The van der Waals surface area contributed by atoms with Gasteiger partial charge in [0.05, 0.1) is 25.0 Å². The molecule has 0 radical (unpaired) electrons. The molecule has 11 heteroatoms. The Bertz CT molecular complexity index is 1150. The molecule has 2 aliphatic rings. The van der Waals surface area contributed by atoms with Crippen LogP contribution in [0.1, 0.15) is 40.5 Å². The molecule has 1 aliphatic heterocycles. The van der Waals surface area contributed by atoms with Crippen LogP contribution in [0.3, 0.4) is 0 Å². The number of allylic oxidation sites excluding steroid dienone is 4. The number of ether oxygens (including phenoxy) is 4. The highest BCUT2D eigenvalue weighted by Crippen LogP contribution is 2.29. The van der Waals surface area contributed by atoms with Gasteiger partial charge < -0.3 is 35.1 Å². The maximum absolute atomic E-state index is 13.3. The molecule has 2 rings (SSSR count). The number of ketones is 2. The molecule has 4 N–H and O–H groups in total. The lowest BCUT2D eigenvalue weighted by Gasteiger charge is -2.29. The lowest BCUT2D eigenvalue weighted by molar-refractivity contribution is -0.120. The number of Topliss-reactive ketones (excluding diaryl/α,β-unsaturated/α-hetero) is 1. The fraction of sp³-hybridized carbons (Fsp3) is 0.517. The van der Waals surface area contributed by atoms with Crippen molar-refractivity contribution >= 4 is 23.6 Å². The molecule has 40 heavy (non-hydrogen) atoms. The second kappa shape index (κ2) is 14.7. The van der Waals surface area contributed by atoms with Crippen LogP contribution in [0.4, 0.5) is 4.79 Å². The van der Waals surface area contributed by atoms with Crippen molar-refractivity contribution < 1.29 is 43.2 Å². The minimum absolute atomic E-state index is 0.0801. The number of hydrogen-bond acceptors (Lipinski definition) is 9. The normalized spacial score (nSPS) is 32.7. The Morgan fingerprint density at radius 2 is 1.77 bits per heavy atom. The van der Waals surface area contributed by atoms with Crippen LogP contribution in [0.25, 0.3) is 0 Å².